The van der Waals surface area contributed by atoms with Gasteiger partial charge in [-0.05, 0) is 43.0 Å². The number of benzene rings is 1. The van der Waals surface area contributed by atoms with E-state index >= 15 is 0 Å². The highest BCUT2D eigenvalue weighted by Crippen LogP contribution is 2.29. The molecule has 4 nitrogen and oxygen atoms in total. The Balaban J connectivity index is 2.02. The van der Waals surface area contributed by atoms with Crippen LogP contribution >= 0.6 is 0 Å². The molecule has 1 heterocycles. The van der Waals surface area contributed by atoms with E-state index in [1.165, 1.54) is 5.56 Å². The molecular weight excluding hydrogens is 238 g/mol. The number of nitrogen functional groups attached to an aromatic ring is 1. The number of aryl methyl sites for hydroxylation is 2. The van der Waals surface area contributed by atoms with E-state index in [4.69, 9.17) is 15.9 Å². The molecule has 1 aromatic heterocycles. The first-order chi connectivity index (χ1) is 9.24. The van der Waals surface area contributed by atoms with Gasteiger partial charge in [-0.25, -0.2) is 4.98 Å². The van der Waals surface area contributed by atoms with E-state index in [2.05, 4.69) is 4.98 Å². The first-order valence-corrected chi connectivity index (χ1v) is 6.34. The summed E-state index contributed by atoms with van der Waals surface area (Å²) < 4.78 is 5.76. The zero-order chi connectivity index (χ0) is 13.2. The van der Waals surface area contributed by atoms with Crippen LogP contribution in [0.25, 0.3) is 0 Å². The largest absolute Gasteiger partial charge is 0.438 e. The number of ether oxygens (including phenoxy) is 1. The molecule has 0 saturated heterocycles. The van der Waals surface area contributed by atoms with Gasteiger partial charge in [-0.1, -0.05) is 18.2 Å². The van der Waals surface area contributed by atoms with E-state index in [0.29, 0.717) is 17.2 Å². The molecule has 0 aliphatic heterocycles. The fraction of sp³-hybridized carbons (Fsp3) is 0.200. The molecule has 0 bridgehead atoms. The Morgan fingerprint density at radius 2 is 2.00 bits per heavy atom. The molecule has 3 N–H and O–H groups in total. The number of aromatic nitrogens is 1. The summed E-state index contributed by atoms with van der Waals surface area (Å²) >= 11 is 0. The molecule has 1 aliphatic rings. The second kappa shape index (κ2) is 4.72. The lowest BCUT2D eigenvalue weighted by Crippen LogP contribution is -2.14. The van der Waals surface area contributed by atoms with Crippen molar-refractivity contribution >= 4 is 5.84 Å². The topological polar surface area (TPSA) is 72.0 Å². The average molecular weight is 253 g/mol. The lowest BCUT2D eigenvalue weighted by molar-refractivity contribution is 0.460. The van der Waals surface area contributed by atoms with Crippen molar-refractivity contribution in [2.75, 3.05) is 0 Å². The number of hydrogen-bond donors (Lipinski definition) is 2. The summed E-state index contributed by atoms with van der Waals surface area (Å²) in [6, 6.07) is 11.4. The minimum absolute atomic E-state index is 0.00636. The first kappa shape index (κ1) is 11.7. The maximum Gasteiger partial charge on any atom is 0.230 e. The molecular formula is C15H15N3O. The van der Waals surface area contributed by atoms with Gasteiger partial charge in [0.05, 0.1) is 5.56 Å². The molecule has 2 aromatic rings. The Morgan fingerprint density at radius 1 is 1.21 bits per heavy atom. The third-order valence-electron chi connectivity index (χ3n) is 3.26. The fourth-order valence-corrected chi connectivity index (χ4v) is 2.32. The SMILES string of the molecule is N=C(N)c1cc2c(nc1Oc1ccccc1)CCC2. The van der Waals surface area contributed by atoms with Crippen LogP contribution in [0.2, 0.25) is 0 Å². The quantitative estimate of drug-likeness (QED) is 0.652. The van der Waals surface area contributed by atoms with Gasteiger partial charge >= 0.3 is 0 Å². The summed E-state index contributed by atoms with van der Waals surface area (Å²) in [6.07, 6.45) is 3.08. The van der Waals surface area contributed by atoms with Gasteiger partial charge in [0.15, 0.2) is 0 Å². The van der Waals surface area contributed by atoms with Crippen molar-refractivity contribution in [2.24, 2.45) is 5.73 Å². The van der Waals surface area contributed by atoms with E-state index in [0.717, 1.165) is 25.0 Å². The number of nitrogens with two attached hydrogens (primary N) is 1. The monoisotopic (exact) mass is 253 g/mol. The smallest absolute Gasteiger partial charge is 0.230 e. The van der Waals surface area contributed by atoms with Gasteiger partial charge in [-0.2, -0.15) is 0 Å². The predicted octanol–water partition coefficient (Wildman–Crippen LogP) is 2.65. The number of fused-ring (bicyclic) bond motifs is 1. The molecule has 0 unspecified atom stereocenters. The van der Waals surface area contributed by atoms with Gasteiger partial charge in [-0.3, -0.25) is 5.41 Å². The van der Waals surface area contributed by atoms with Crippen LogP contribution in [-0.4, -0.2) is 10.8 Å². The third kappa shape index (κ3) is 2.29. The molecule has 96 valence electrons. The summed E-state index contributed by atoms with van der Waals surface area (Å²) in [7, 11) is 0. The Labute approximate surface area is 111 Å². The molecule has 1 aliphatic carbocycles. The van der Waals surface area contributed by atoms with Crippen molar-refractivity contribution in [1.82, 2.24) is 4.98 Å². The second-order valence-corrected chi connectivity index (χ2v) is 4.63. The van der Waals surface area contributed by atoms with E-state index < -0.39 is 0 Å². The Kier molecular flexibility index (Phi) is 2.91. The van der Waals surface area contributed by atoms with Crippen molar-refractivity contribution in [2.45, 2.75) is 19.3 Å². The Hall–Kier alpha value is -2.36. The Morgan fingerprint density at radius 3 is 2.74 bits per heavy atom. The van der Waals surface area contributed by atoms with Crippen molar-refractivity contribution < 1.29 is 4.74 Å². The predicted molar refractivity (Wildman–Crippen MR) is 73.8 cm³/mol. The molecule has 3 rings (SSSR count). The van der Waals surface area contributed by atoms with Crippen LogP contribution in [0.1, 0.15) is 23.2 Å². The highest BCUT2D eigenvalue weighted by molar-refractivity contribution is 5.97. The molecule has 0 radical (unpaired) electrons. The van der Waals surface area contributed by atoms with Gasteiger partial charge < -0.3 is 10.5 Å². The number of nitrogens with one attached hydrogen (secondary N) is 1. The fourth-order valence-electron chi connectivity index (χ4n) is 2.32. The lowest BCUT2D eigenvalue weighted by Gasteiger charge is -2.11. The number of pyridine rings is 1. The number of hydrogen-bond acceptors (Lipinski definition) is 3. The van der Waals surface area contributed by atoms with E-state index in [9.17, 15) is 0 Å². The molecule has 4 heteroatoms. The first-order valence-electron chi connectivity index (χ1n) is 6.34. The minimum atomic E-state index is -0.00636. The van der Waals surface area contributed by atoms with E-state index in [1.54, 1.807) is 0 Å². The van der Waals surface area contributed by atoms with E-state index in [-0.39, 0.29) is 5.84 Å². The zero-order valence-electron chi connectivity index (χ0n) is 10.5. The molecule has 0 amide bonds. The lowest BCUT2D eigenvalue weighted by atomic mass is 10.1. The standard InChI is InChI=1S/C15H15N3O/c16-14(17)12-9-10-5-4-8-13(10)18-15(12)19-11-6-2-1-3-7-11/h1-3,6-7,9H,4-5,8H2,(H3,16,17). The summed E-state index contributed by atoms with van der Waals surface area (Å²) in [5.74, 6) is 1.13. The number of amidine groups is 1. The maximum absolute atomic E-state index is 7.66. The number of rotatable bonds is 3. The van der Waals surface area contributed by atoms with Crippen LogP contribution < -0.4 is 10.5 Å². The second-order valence-electron chi connectivity index (χ2n) is 4.63. The highest BCUT2D eigenvalue weighted by atomic mass is 16.5. The summed E-state index contributed by atoms with van der Waals surface area (Å²) in [5.41, 5.74) is 8.45. The van der Waals surface area contributed by atoms with Gasteiger partial charge in [-0.15, -0.1) is 0 Å². The maximum atomic E-state index is 7.66. The molecule has 0 spiro atoms. The minimum Gasteiger partial charge on any atom is -0.438 e. The average Bonchev–Trinajstić information content (AvgIpc) is 2.86. The van der Waals surface area contributed by atoms with Crippen molar-refractivity contribution in [3.8, 4) is 11.6 Å². The van der Waals surface area contributed by atoms with Crippen LogP contribution in [0.3, 0.4) is 0 Å². The summed E-state index contributed by atoms with van der Waals surface area (Å²) in [5, 5.41) is 7.66. The summed E-state index contributed by atoms with van der Waals surface area (Å²) in [6.45, 7) is 0. The third-order valence-corrected chi connectivity index (χ3v) is 3.26. The van der Waals surface area contributed by atoms with Crippen LogP contribution in [0.5, 0.6) is 11.6 Å². The molecule has 0 atom stereocenters. The van der Waals surface area contributed by atoms with Crippen LogP contribution in [-0.2, 0) is 12.8 Å². The van der Waals surface area contributed by atoms with Gasteiger partial charge in [0, 0.05) is 5.69 Å². The molecule has 19 heavy (non-hydrogen) atoms. The van der Waals surface area contributed by atoms with Crippen LogP contribution in [0.15, 0.2) is 36.4 Å². The Bertz CT molecular complexity index is 623. The highest BCUT2D eigenvalue weighted by Gasteiger charge is 2.18. The van der Waals surface area contributed by atoms with Crippen LogP contribution in [0.4, 0.5) is 0 Å². The molecule has 0 saturated carbocycles. The number of nitrogens with zero attached hydrogens (tertiary/aromatic N) is 1. The van der Waals surface area contributed by atoms with Crippen molar-refractivity contribution in [1.29, 1.82) is 5.41 Å². The molecule has 0 fully saturated rings. The number of para-hydroxylation sites is 1. The summed E-state index contributed by atoms with van der Waals surface area (Å²) in [4.78, 5) is 4.53. The van der Waals surface area contributed by atoms with E-state index in [1.807, 2.05) is 36.4 Å². The van der Waals surface area contributed by atoms with Crippen LogP contribution in [0, 0.1) is 5.41 Å². The normalized spacial score (nSPS) is 13.1. The van der Waals surface area contributed by atoms with Gasteiger partial charge in [0.1, 0.15) is 11.6 Å². The van der Waals surface area contributed by atoms with Gasteiger partial charge in [0.2, 0.25) is 5.88 Å². The van der Waals surface area contributed by atoms with Crippen molar-refractivity contribution in [3.05, 3.63) is 53.2 Å². The molecule has 1 aromatic carbocycles. The van der Waals surface area contributed by atoms with Crippen molar-refractivity contribution in [3.63, 3.8) is 0 Å². The zero-order valence-corrected chi connectivity index (χ0v) is 10.5. The van der Waals surface area contributed by atoms with Gasteiger partial charge in [0.25, 0.3) is 0 Å².